The molecule has 1 aromatic rings. The highest BCUT2D eigenvalue weighted by molar-refractivity contribution is 5.93. The van der Waals surface area contributed by atoms with Crippen LogP contribution >= 0.6 is 0 Å². The molecule has 2 rings (SSSR count). The van der Waals surface area contributed by atoms with Gasteiger partial charge in [-0.3, -0.25) is 9.59 Å². The van der Waals surface area contributed by atoms with Crippen molar-refractivity contribution in [2.45, 2.75) is 39.2 Å². The second-order valence-corrected chi connectivity index (χ2v) is 7.59. The first-order valence-electron chi connectivity index (χ1n) is 9.67. The number of hydrogen-bond donors (Lipinski definition) is 4. The molecule has 0 spiro atoms. The largest absolute Gasteiger partial charge is 0.573 e. The van der Waals surface area contributed by atoms with Crippen LogP contribution in [0.25, 0.3) is 0 Å². The van der Waals surface area contributed by atoms with Gasteiger partial charge < -0.3 is 25.2 Å². The zero-order valence-corrected chi connectivity index (χ0v) is 16.9. The Labute approximate surface area is 168 Å². The van der Waals surface area contributed by atoms with Gasteiger partial charge in [0.05, 0.1) is 0 Å². The van der Waals surface area contributed by atoms with E-state index in [2.05, 4.69) is 15.4 Å². The molecule has 4 N–H and O–H groups in total. The van der Waals surface area contributed by atoms with Crippen molar-refractivity contribution in [1.29, 1.82) is 0 Å². The SMILES string of the molecule is CC(C)NC(=O)C[NH+]1CC[NH+]([C@@H](C)C(=O)Nc2ccc(OC(F)(F)F)cc2)CC1. The van der Waals surface area contributed by atoms with E-state index in [1.807, 2.05) is 20.8 Å². The Morgan fingerprint density at radius 1 is 1.07 bits per heavy atom. The number of quaternary nitrogens is 2. The van der Waals surface area contributed by atoms with Crippen LogP contribution in [0.15, 0.2) is 24.3 Å². The maximum Gasteiger partial charge on any atom is 0.573 e. The number of nitrogens with one attached hydrogen (secondary N) is 4. The van der Waals surface area contributed by atoms with Gasteiger partial charge in [-0.15, -0.1) is 13.2 Å². The van der Waals surface area contributed by atoms with Gasteiger partial charge in [0.2, 0.25) is 0 Å². The Bertz CT molecular complexity index is 687. The molecule has 7 nitrogen and oxygen atoms in total. The Morgan fingerprint density at radius 3 is 2.17 bits per heavy atom. The molecular formula is C19H29F3N4O3+2. The average Bonchev–Trinajstić information content (AvgIpc) is 2.61. The second kappa shape index (κ2) is 9.93. The number of rotatable bonds is 7. The van der Waals surface area contributed by atoms with E-state index in [4.69, 9.17) is 0 Å². The summed E-state index contributed by atoms with van der Waals surface area (Å²) in [7, 11) is 0. The number of hydrogen-bond acceptors (Lipinski definition) is 3. The third-order valence-corrected chi connectivity index (χ3v) is 4.82. The number of ether oxygens (including phenoxy) is 1. The van der Waals surface area contributed by atoms with Gasteiger partial charge in [-0.05, 0) is 45.0 Å². The Morgan fingerprint density at radius 2 is 1.66 bits per heavy atom. The van der Waals surface area contributed by atoms with Crippen LogP contribution in [0.2, 0.25) is 0 Å². The lowest BCUT2D eigenvalue weighted by Crippen LogP contribution is -3.30. The monoisotopic (exact) mass is 418 g/mol. The molecule has 1 fully saturated rings. The third-order valence-electron chi connectivity index (χ3n) is 4.82. The molecule has 2 amide bonds. The second-order valence-electron chi connectivity index (χ2n) is 7.59. The summed E-state index contributed by atoms with van der Waals surface area (Å²) in [6.45, 7) is 9.21. The van der Waals surface area contributed by atoms with E-state index < -0.39 is 6.36 Å². The number of benzene rings is 1. The van der Waals surface area contributed by atoms with Gasteiger partial charge in [-0.1, -0.05) is 0 Å². The number of piperazine rings is 1. The summed E-state index contributed by atoms with van der Waals surface area (Å²) in [5.41, 5.74) is 0.408. The zero-order chi connectivity index (χ0) is 21.6. The van der Waals surface area contributed by atoms with Crippen LogP contribution in [-0.2, 0) is 9.59 Å². The van der Waals surface area contributed by atoms with E-state index in [1.54, 1.807) is 0 Å². The summed E-state index contributed by atoms with van der Waals surface area (Å²) in [6, 6.07) is 4.86. The molecule has 10 heteroatoms. The van der Waals surface area contributed by atoms with Crippen molar-refractivity contribution in [3.05, 3.63) is 24.3 Å². The molecular weight excluding hydrogens is 389 g/mol. The smallest absolute Gasteiger partial charge is 0.406 e. The van der Waals surface area contributed by atoms with E-state index in [0.29, 0.717) is 12.2 Å². The molecule has 1 atom stereocenters. The van der Waals surface area contributed by atoms with Gasteiger partial charge in [-0.25, -0.2) is 0 Å². The summed E-state index contributed by atoms with van der Waals surface area (Å²) in [4.78, 5) is 26.7. The first kappa shape index (κ1) is 23.0. The van der Waals surface area contributed by atoms with Gasteiger partial charge in [0.1, 0.15) is 31.9 Å². The third kappa shape index (κ3) is 7.90. The fourth-order valence-corrected chi connectivity index (χ4v) is 3.31. The number of carbonyl (C=O) groups is 2. The van der Waals surface area contributed by atoms with Gasteiger partial charge in [0.25, 0.3) is 11.8 Å². The van der Waals surface area contributed by atoms with E-state index in [0.717, 1.165) is 43.2 Å². The molecule has 1 aliphatic rings. The van der Waals surface area contributed by atoms with Crippen LogP contribution in [0.4, 0.5) is 18.9 Å². The molecule has 0 aromatic heterocycles. The standard InChI is InChI=1S/C19H27F3N4O3/c1-13(2)23-17(27)12-25-8-10-26(11-9-25)14(3)18(28)24-15-4-6-16(7-5-15)29-19(20,21)22/h4-7,13-14H,8-12H2,1-3H3,(H,23,27)(H,24,28)/p+2/t14-/m0/s1. The number of halogens is 3. The maximum absolute atomic E-state index is 12.5. The summed E-state index contributed by atoms with van der Waals surface area (Å²) >= 11 is 0. The maximum atomic E-state index is 12.5. The first-order chi connectivity index (χ1) is 13.5. The summed E-state index contributed by atoms with van der Waals surface area (Å²) in [5, 5.41) is 5.61. The van der Waals surface area contributed by atoms with Crippen molar-refractivity contribution in [2.24, 2.45) is 0 Å². The molecule has 0 radical (unpaired) electrons. The lowest BCUT2D eigenvalue weighted by atomic mass is 10.2. The number of amides is 2. The predicted molar refractivity (Wildman–Crippen MR) is 101 cm³/mol. The quantitative estimate of drug-likeness (QED) is 0.469. The Hall–Kier alpha value is -2.33. The average molecular weight is 418 g/mol. The number of alkyl halides is 3. The van der Waals surface area contributed by atoms with E-state index in [-0.39, 0.29) is 29.6 Å². The summed E-state index contributed by atoms with van der Waals surface area (Å²) in [6.07, 6.45) is -4.75. The topological polar surface area (TPSA) is 76.3 Å². The van der Waals surface area contributed by atoms with Crippen LogP contribution in [0.5, 0.6) is 5.75 Å². The highest BCUT2D eigenvalue weighted by Gasteiger charge is 2.32. The molecule has 0 unspecified atom stereocenters. The highest BCUT2D eigenvalue weighted by Crippen LogP contribution is 2.23. The van der Waals surface area contributed by atoms with Crippen molar-refractivity contribution in [3.8, 4) is 5.75 Å². The molecule has 0 saturated carbocycles. The Kier molecular flexibility index (Phi) is 7.86. The van der Waals surface area contributed by atoms with Crippen molar-refractivity contribution in [1.82, 2.24) is 5.32 Å². The van der Waals surface area contributed by atoms with Crippen molar-refractivity contribution in [3.63, 3.8) is 0 Å². The minimum atomic E-state index is -4.75. The van der Waals surface area contributed by atoms with Crippen molar-refractivity contribution < 1.29 is 37.3 Å². The van der Waals surface area contributed by atoms with Crippen LogP contribution in [0.3, 0.4) is 0 Å². The molecule has 1 saturated heterocycles. The van der Waals surface area contributed by atoms with Crippen LogP contribution in [0.1, 0.15) is 20.8 Å². The number of carbonyl (C=O) groups excluding carboxylic acids is 2. The fourth-order valence-electron chi connectivity index (χ4n) is 3.31. The van der Waals surface area contributed by atoms with Gasteiger partial charge in [0.15, 0.2) is 12.6 Å². The Balaban J connectivity index is 1.80. The fraction of sp³-hybridized carbons (Fsp3) is 0.579. The highest BCUT2D eigenvalue weighted by atomic mass is 19.4. The molecule has 162 valence electrons. The zero-order valence-electron chi connectivity index (χ0n) is 16.9. The summed E-state index contributed by atoms with van der Waals surface area (Å²) < 4.78 is 40.4. The lowest BCUT2D eigenvalue weighted by molar-refractivity contribution is -1.01. The van der Waals surface area contributed by atoms with E-state index in [9.17, 15) is 22.8 Å². The molecule has 1 aromatic carbocycles. The van der Waals surface area contributed by atoms with E-state index >= 15 is 0 Å². The van der Waals surface area contributed by atoms with Crippen molar-refractivity contribution >= 4 is 17.5 Å². The minimum absolute atomic E-state index is 0.0298. The van der Waals surface area contributed by atoms with Crippen LogP contribution < -0.4 is 25.2 Å². The predicted octanol–water partition coefficient (Wildman–Crippen LogP) is -0.780. The number of anilines is 1. The molecule has 0 aliphatic carbocycles. The van der Waals surface area contributed by atoms with E-state index in [1.165, 1.54) is 17.0 Å². The summed E-state index contributed by atoms with van der Waals surface area (Å²) in [5.74, 6) is -0.512. The van der Waals surface area contributed by atoms with Crippen LogP contribution in [0, 0.1) is 0 Å². The van der Waals surface area contributed by atoms with Crippen LogP contribution in [-0.4, -0.2) is 63.0 Å². The van der Waals surface area contributed by atoms with Crippen molar-refractivity contribution in [2.75, 3.05) is 38.0 Å². The molecule has 1 heterocycles. The van der Waals surface area contributed by atoms with Gasteiger partial charge in [0, 0.05) is 11.7 Å². The first-order valence-corrected chi connectivity index (χ1v) is 9.67. The lowest BCUT2D eigenvalue weighted by Gasteiger charge is -2.32. The molecule has 29 heavy (non-hydrogen) atoms. The molecule has 0 bridgehead atoms. The normalized spacial score (nSPS) is 20.8. The van der Waals surface area contributed by atoms with Gasteiger partial charge >= 0.3 is 6.36 Å². The van der Waals surface area contributed by atoms with Gasteiger partial charge in [-0.2, -0.15) is 0 Å². The molecule has 1 aliphatic heterocycles. The minimum Gasteiger partial charge on any atom is -0.406 e.